The molecule has 1 aliphatic rings. The Morgan fingerprint density at radius 2 is 2.28 bits per heavy atom. The van der Waals surface area contributed by atoms with Crippen LogP contribution in [0.3, 0.4) is 0 Å². The lowest BCUT2D eigenvalue weighted by molar-refractivity contribution is -0.120. The van der Waals surface area contributed by atoms with Gasteiger partial charge in [-0.05, 0) is 17.7 Å². The molecule has 100 valence electrons. The van der Waals surface area contributed by atoms with Crippen molar-refractivity contribution in [2.45, 2.75) is 6.42 Å². The minimum atomic E-state index is 0. The molecule has 0 radical (unpaired) electrons. The molecule has 1 fully saturated rings. The van der Waals surface area contributed by atoms with Gasteiger partial charge in [0.15, 0.2) is 0 Å². The van der Waals surface area contributed by atoms with Crippen molar-refractivity contribution in [3.63, 3.8) is 0 Å². The number of nitrogens with one attached hydrogen (secondary N) is 2. The summed E-state index contributed by atoms with van der Waals surface area (Å²) in [6, 6.07) is 7.61. The molecule has 2 N–H and O–H groups in total. The van der Waals surface area contributed by atoms with Gasteiger partial charge in [0.2, 0.25) is 5.91 Å². The molecule has 0 aliphatic carbocycles. The smallest absolute Gasteiger partial charge is 0.224 e. The molecule has 1 amide bonds. The van der Waals surface area contributed by atoms with Crippen LogP contribution in [0, 0.1) is 5.92 Å². The van der Waals surface area contributed by atoms with Gasteiger partial charge in [0, 0.05) is 25.6 Å². The second-order valence-corrected chi connectivity index (χ2v) is 4.36. The molecule has 18 heavy (non-hydrogen) atoms. The lowest BCUT2D eigenvalue weighted by Crippen LogP contribution is -2.48. The minimum absolute atomic E-state index is 0. The Morgan fingerprint density at radius 3 is 2.89 bits per heavy atom. The van der Waals surface area contributed by atoms with Crippen LogP contribution < -0.4 is 15.4 Å². The number of carbonyl (C=O) groups excluding carboxylic acids is 1. The Morgan fingerprint density at radius 1 is 1.50 bits per heavy atom. The lowest BCUT2D eigenvalue weighted by Gasteiger charge is -2.27. The molecule has 4 nitrogen and oxygen atoms in total. The van der Waals surface area contributed by atoms with Crippen molar-refractivity contribution in [3.8, 4) is 5.75 Å². The highest BCUT2D eigenvalue weighted by molar-refractivity contribution is 5.85. The fourth-order valence-corrected chi connectivity index (χ4v) is 1.78. The largest absolute Gasteiger partial charge is 0.497 e. The Bertz CT molecular complexity index is 394. The average molecular weight is 271 g/mol. The molecule has 1 saturated heterocycles. The molecule has 2 rings (SSSR count). The Hall–Kier alpha value is -1.26. The van der Waals surface area contributed by atoms with Crippen LogP contribution in [0.25, 0.3) is 0 Å². The maximum atomic E-state index is 11.7. The van der Waals surface area contributed by atoms with Gasteiger partial charge >= 0.3 is 0 Å². The molecule has 5 heteroatoms. The van der Waals surface area contributed by atoms with E-state index in [1.807, 2.05) is 24.3 Å². The van der Waals surface area contributed by atoms with E-state index in [4.69, 9.17) is 4.74 Å². The van der Waals surface area contributed by atoms with Gasteiger partial charge in [0.05, 0.1) is 13.5 Å². The number of benzene rings is 1. The predicted molar refractivity (Wildman–Crippen MR) is 73.3 cm³/mol. The van der Waals surface area contributed by atoms with Gasteiger partial charge < -0.3 is 15.4 Å². The molecule has 1 aliphatic heterocycles. The van der Waals surface area contributed by atoms with Crippen LogP contribution in [0.5, 0.6) is 5.75 Å². The number of rotatable bonds is 5. The summed E-state index contributed by atoms with van der Waals surface area (Å²) in [6.07, 6.45) is 0.414. The SMILES string of the molecule is COc1cccc(CC(=O)NCC2CNC2)c1.Cl. The van der Waals surface area contributed by atoms with E-state index in [1.54, 1.807) is 7.11 Å². The number of ether oxygens (including phenoxy) is 1. The zero-order chi connectivity index (χ0) is 12.1. The Kier molecular flexibility index (Phi) is 5.95. The number of hydrogen-bond acceptors (Lipinski definition) is 3. The Labute approximate surface area is 114 Å². The van der Waals surface area contributed by atoms with Gasteiger partial charge in [-0.3, -0.25) is 4.79 Å². The minimum Gasteiger partial charge on any atom is -0.497 e. The standard InChI is InChI=1S/C13H18N2O2.ClH/c1-17-12-4-2-3-10(5-12)6-13(16)15-9-11-7-14-8-11;/h2-5,11,14H,6-9H2,1H3,(H,15,16);1H. The molecular formula is C13H19ClN2O2. The molecule has 0 unspecified atom stereocenters. The fraction of sp³-hybridized carbons (Fsp3) is 0.462. The molecule has 1 heterocycles. The van der Waals surface area contributed by atoms with Gasteiger partial charge in [-0.15, -0.1) is 12.4 Å². The first kappa shape index (κ1) is 14.8. The number of halogens is 1. The highest BCUT2D eigenvalue weighted by Crippen LogP contribution is 2.12. The van der Waals surface area contributed by atoms with E-state index in [2.05, 4.69) is 10.6 Å². The predicted octanol–water partition coefficient (Wildman–Crippen LogP) is 0.995. The van der Waals surface area contributed by atoms with Crippen molar-refractivity contribution in [3.05, 3.63) is 29.8 Å². The van der Waals surface area contributed by atoms with Crippen molar-refractivity contribution in [1.82, 2.24) is 10.6 Å². The van der Waals surface area contributed by atoms with E-state index < -0.39 is 0 Å². The summed E-state index contributed by atoms with van der Waals surface area (Å²) in [4.78, 5) is 11.7. The molecular weight excluding hydrogens is 252 g/mol. The first-order valence-corrected chi connectivity index (χ1v) is 5.88. The first-order valence-electron chi connectivity index (χ1n) is 5.88. The molecule has 0 saturated carbocycles. The van der Waals surface area contributed by atoms with Crippen molar-refractivity contribution in [2.75, 3.05) is 26.7 Å². The maximum absolute atomic E-state index is 11.7. The fourth-order valence-electron chi connectivity index (χ4n) is 1.78. The molecule has 0 bridgehead atoms. The second-order valence-electron chi connectivity index (χ2n) is 4.36. The van der Waals surface area contributed by atoms with Gasteiger partial charge in [0.25, 0.3) is 0 Å². The average Bonchev–Trinajstić information content (AvgIpc) is 2.27. The second kappa shape index (κ2) is 7.24. The zero-order valence-electron chi connectivity index (χ0n) is 10.4. The third kappa shape index (κ3) is 4.20. The van der Waals surface area contributed by atoms with E-state index in [9.17, 15) is 4.79 Å². The van der Waals surface area contributed by atoms with Crippen molar-refractivity contribution < 1.29 is 9.53 Å². The van der Waals surface area contributed by atoms with Crippen LogP contribution in [0.1, 0.15) is 5.56 Å². The summed E-state index contributed by atoms with van der Waals surface area (Å²) in [5, 5.41) is 6.13. The van der Waals surface area contributed by atoms with Gasteiger partial charge in [-0.25, -0.2) is 0 Å². The molecule has 1 aromatic rings. The summed E-state index contributed by atoms with van der Waals surface area (Å²) < 4.78 is 5.12. The third-order valence-electron chi connectivity index (χ3n) is 2.95. The quantitative estimate of drug-likeness (QED) is 0.839. The number of carbonyl (C=O) groups is 1. The normalized spacial score (nSPS) is 14.3. The topological polar surface area (TPSA) is 50.4 Å². The van der Waals surface area contributed by atoms with Gasteiger partial charge in [-0.2, -0.15) is 0 Å². The van der Waals surface area contributed by atoms with E-state index >= 15 is 0 Å². The summed E-state index contributed by atoms with van der Waals surface area (Å²) in [5.41, 5.74) is 0.980. The van der Waals surface area contributed by atoms with Crippen LogP contribution in [-0.4, -0.2) is 32.7 Å². The number of methoxy groups -OCH3 is 1. The van der Waals surface area contributed by atoms with Crippen LogP contribution in [0.15, 0.2) is 24.3 Å². The van der Waals surface area contributed by atoms with Crippen molar-refractivity contribution in [2.24, 2.45) is 5.92 Å². The number of amides is 1. The summed E-state index contributed by atoms with van der Waals surface area (Å²) >= 11 is 0. The summed E-state index contributed by atoms with van der Waals surface area (Å²) in [7, 11) is 1.63. The van der Waals surface area contributed by atoms with E-state index in [1.165, 1.54) is 0 Å². The molecule has 0 aromatic heterocycles. The highest BCUT2D eigenvalue weighted by atomic mass is 35.5. The van der Waals surface area contributed by atoms with Gasteiger partial charge in [0.1, 0.15) is 5.75 Å². The highest BCUT2D eigenvalue weighted by Gasteiger charge is 2.17. The molecule has 0 atom stereocenters. The molecule has 0 spiro atoms. The van der Waals surface area contributed by atoms with E-state index in [-0.39, 0.29) is 18.3 Å². The van der Waals surface area contributed by atoms with Crippen molar-refractivity contribution in [1.29, 1.82) is 0 Å². The monoisotopic (exact) mass is 270 g/mol. The van der Waals surface area contributed by atoms with E-state index in [0.717, 1.165) is 30.9 Å². The third-order valence-corrected chi connectivity index (χ3v) is 2.95. The first-order chi connectivity index (χ1) is 8.28. The van der Waals surface area contributed by atoms with Gasteiger partial charge in [-0.1, -0.05) is 12.1 Å². The zero-order valence-corrected chi connectivity index (χ0v) is 11.3. The van der Waals surface area contributed by atoms with Crippen LogP contribution >= 0.6 is 12.4 Å². The Balaban J connectivity index is 0.00000162. The van der Waals surface area contributed by atoms with Crippen molar-refractivity contribution >= 4 is 18.3 Å². The summed E-state index contributed by atoms with van der Waals surface area (Å²) in [6.45, 7) is 2.80. The van der Waals surface area contributed by atoms with Crippen LogP contribution in [0.4, 0.5) is 0 Å². The summed E-state index contributed by atoms with van der Waals surface area (Å²) in [5.74, 6) is 1.47. The van der Waals surface area contributed by atoms with Crippen LogP contribution in [-0.2, 0) is 11.2 Å². The molecule has 1 aromatic carbocycles. The van der Waals surface area contributed by atoms with Crippen LogP contribution in [0.2, 0.25) is 0 Å². The van der Waals surface area contributed by atoms with E-state index in [0.29, 0.717) is 12.3 Å². The maximum Gasteiger partial charge on any atom is 0.224 e. The lowest BCUT2D eigenvalue weighted by atomic mass is 10.0. The number of hydrogen-bond donors (Lipinski definition) is 2.